The number of aliphatic hydroxyl groups is 1. The molecule has 0 aromatic rings. The zero-order valence-corrected chi connectivity index (χ0v) is 11.1. The zero-order chi connectivity index (χ0) is 12.6. The van der Waals surface area contributed by atoms with E-state index in [0.29, 0.717) is 18.4 Å². The minimum absolute atomic E-state index is 0.0661. The van der Waals surface area contributed by atoms with Crippen LogP contribution in [-0.4, -0.2) is 24.2 Å². The fraction of sp³-hybridized carbons (Fsp3) is 0.923. The van der Waals surface area contributed by atoms with E-state index in [9.17, 15) is 4.79 Å². The second kappa shape index (κ2) is 8.57. The first kappa shape index (κ1) is 15.4. The molecule has 0 aliphatic carbocycles. The monoisotopic (exact) mass is 229 g/mol. The third kappa shape index (κ3) is 6.11. The van der Waals surface area contributed by atoms with Crippen molar-refractivity contribution in [2.75, 3.05) is 13.2 Å². The molecule has 2 N–H and O–H groups in total. The highest BCUT2D eigenvalue weighted by Gasteiger charge is 2.17. The van der Waals surface area contributed by atoms with Crippen LogP contribution < -0.4 is 5.32 Å². The first-order chi connectivity index (χ1) is 7.52. The van der Waals surface area contributed by atoms with Crippen LogP contribution in [0.4, 0.5) is 0 Å². The molecule has 3 heteroatoms. The van der Waals surface area contributed by atoms with Crippen molar-refractivity contribution in [3.63, 3.8) is 0 Å². The number of hydrogen-bond donors (Lipinski definition) is 2. The van der Waals surface area contributed by atoms with Crippen molar-refractivity contribution in [2.24, 2.45) is 17.8 Å². The Labute approximate surface area is 99.6 Å². The van der Waals surface area contributed by atoms with E-state index in [4.69, 9.17) is 5.11 Å². The summed E-state index contributed by atoms with van der Waals surface area (Å²) in [5.74, 6) is 0.992. The molecule has 16 heavy (non-hydrogen) atoms. The van der Waals surface area contributed by atoms with Crippen molar-refractivity contribution in [1.29, 1.82) is 0 Å². The molecule has 0 saturated carbocycles. The van der Waals surface area contributed by atoms with E-state index in [0.717, 1.165) is 19.3 Å². The number of amides is 1. The van der Waals surface area contributed by atoms with Crippen LogP contribution >= 0.6 is 0 Å². The van der Waals surface area contributed by atoms with Crippen molar-refractivity contribution in [3.05, 3.63) is 0 Å². The number of carbonyl (C=O) groups is 1. The molecule has 0 spiro atoms. The maximum Gasteiger partial charge on any atom is 0.223 e. The SMILES string of the molecule is CCCC(CCO)CNC(=O)C(C)C(C)C. The summed E-state index contributed by atoms with van der Waals surface area (Å²) in [5.41, 5.74) is 0. The number of hydrogen-bond acceptors (Lipinski definition) is 2. The molecule has 0 aliphatic rings. The third-order valence-electron chi connectivity index (χ3n) is 3.21. The molecule has 3 nitrogen and oxygen atoms in total. The van der Waals surface area contributed by atoms with Crippen LogP contribution in [0.25, 0.3) is 0 Å². The van der Waals surface area contributed by atoms with Crippen LogP contribution in [-0.2, 0) is 4.79 Å². The van der Waals surface area contributed by atoms with Gasteiger partial charge < -0.3 is 10.4 Å². The van der Waals surface area contributed by atoms with Crippen LogP contribution in [0.3, 0.4) is 0 Å². The molecule has 0 aromatic heterocycles. The van der Waals surface area contributed by atoms with Gasteiger partial charge in [0.1, 0.15) is 0 Å². The Kier molecular flexibility index (Phi) is 8.26. The van der Waals surface area contributed by atoms with Crippen molar-refractivity contribution in [1.82, 2.24) is 5.32 Å². The first-order valence-corrected chi connectivity index (χ1v) is 6.41. The van der Waals surface area contributed by atoms with E-state index in [2.05, 4.69) is 26.1 Å². The summed E-state index contributed by atoms with van der Waals surface area (Å²) in [4.78, 5) is 11.7. The van der Waals surface area contributed by atoms with Gasteiger partial charge in [-0.05, 0) is 24.7 Å². The van der Waals surface area contributed by atoms with Crippen molar-refractivity contribution >= 4 is 5.91 Å². The highest BCUT2D eigenvalue weighted by Crippen LogP contribution is 2.12. The minimum Gasteiger partial charge on any atom is -0.396 e. The van der Waals surface area contributed by atoms with Crippen LogP contribution in [0.2, 0.25) is 0 Å². The minimum atomic E-state index is 0.0661. The number of nitrogens with one attached hydrogen (secondary N) is 1. The maximum atomic E-state index is 11.7. The lowest BCUT2D eigenvalue weighted by Crippen LogP contribution is -2.35. The van der Waals surface area contributed by atoms with Gasteiger partial charge in [-0.1, -0.05) is 34.1 Å². The van der Waals surface area contributed by atoms with Gasteiger partial charge in [0, 0.05) is 19.1 Å². The molecule has 0 aliphatic heterocycles. The van der Waals surface area contributed by atoms with E-state index < -0.39 is 0 Å². The van der Waals surface area contributed by atoms with Gasteiger partial charge in [-0.3, -0.25) is 4.79 Å². The number of rotatable bonds is 8. The zero-order valence-electron chi connectivity index (χ0n) is 11.1. The van der Waals surface area contributed by atoms with E-state index in [1.54, 1.807) is 0 Å². The molecule has 0 aromatic carbocycles. The van der Waals surface area contributed by atoms with Crippen LogP contribution in [0.1, 0.15) is 47.0 Å². The van der Waals surface area contributed by atoms with E-state index in [1.165, 1.54) is 0 Å². The van der Waals surface area contributed by atoms with Gasteiger partial charge in [0.15, 0.2) is 0 Å². The fourth-order valence-corrected chi connectivity index (χ4v) is 1.65. The topological polar surface area (TPSA) is 49.3 Å². The molecule has 0 heterocycles. The second-order valence-corrected chi connectivity index (χ2v) is 4.94. The number of aliphatic hydroxyl groups excluding tert-OH is 1. The maximum absolute atomic E-state index is 11.7. The molecule has 0 saturated heterocycles. The van der Waals surface area contributed by atoms with Gasteiger partial charge in [0.25, 0.3) is 0 Å². The third-order valence-corrected chi connectivity index (χ3v) is 3.21. The smallest absolute Gasteiger partial charge is 0.223 e. The lowest BCUT2D eigenvalue weighted by molar-refractivity contribution is -0.125. The molecule has 96 valence electrons. The first-order valence-electron chi connectivity index (χ1n) is 6.41. The lowest BCUT2D eigenvalue weighted by Gasteiger charge is -2.19. The van der Waals surface area contributed by atoms with Crippen LogP contribution in [0, 0.1) is 17.8 Å². The van der Waals surface area contributed by atoms with Gasteiger partial charge in [-0.25, -0.2) is 0 Å². The van der Waals surface area contributed by atoms with Crippen LogP contribution in [0.5, 0.6) is 0 Å². The summed E-state index contributed by atoms with van der Waals surface area (Å²) in [7, 11) is 0. The Morgan fingerprint density at radius 2 is 1.88 bits per heavy atom. The molecule has 2 atom stereocenters. The standard InChI is InChI=1S/C13H27NO2/c1-5-6-12(7-8-15)9-14-13(16)11(4)10(2)3/h10-12,15H,5-9H2,1-4H3,(H,14,16). The van der Waals surface area contributed by atoms with E-state index >= 15 is 0 Å². The van der Waals surface area contributed by atoms with Crippen molar-refractivity contribution in [2.45, 2.75) is 47.0 Å². The summed E-state index contributed by atoms with van der Waals surface area (Å²) >= 11 is 0. The largest absolute Gasteiger partial charge is 0.396 e. The van der Waals surface area contributed by atoms with Gasteiger partial charge in [0.05, 0.1) is 0 Å². The lowest BCUT2D eigenvalue weighted by atomic mass is 9.96. The van der Waals surface area contributed by atoms with Crippen molar-refractivity contribution in [3.8, 4) is 0 Å². The van der Waals surface area contributed by atoms with Gasteiger partial charge >= 0.3 is 0 Å². The van der Waals surface area contributed by atoms with E-state index in [-0.39, 0.29) is 18.4 Å². The van der Waals surface area contributed by atoms with Gasteiger partial charge in [-0.2, -0.15) is 0 Å². The Balaban J connectivity index is 3.94. The van der Waals surface area contributed by atoms with Gasteiger partial charge in [-0.15, -0.1) is 0 Å². The molecule has 1 amide bonds. The second-order valence-electron chi connectivity index (χ2n) is 4.94. The molecule has 0 fully saturated rings. The molecule has 0 bridgehead atoms. The average Bonchev–Trinajstić information content (AvgIpc) is 2.24. The predicted molar refractivity (Wildman–Crippen MR) is 67.1 cm³/mol. The normalized spacial score (nSPS) is 14.9. The van der Waals surface area contributed by atoms with E-state index in [1.807, 2.05) is 6.92 Å². The quantitative estimate of drug-likeness (QED) is 0.670. The van der Waals surface area contributed by atoms with Crippen LogP contribution in [0.15, 0.2) is 0 Å². The predicted octanol–water partition coefficient (Wildman–Crippen LogP) is 2.19. The molecule has 0 rings (SSSR count). The summed E-state index contributed by atoms with van der Waals surface area (Å²) in [6, 6.07) is 0. The Morgan fingerprint density at radius 1 is 1.25 bits per heavy atom. The molecular weight excluding hydrogens is 202 g/mol. The van der Waals surface area contributed by atoms with Gasteiger partial charge in [0.2, 0.25) is 5.91 Å². The Morgan fingerprint density at radius 3 is 2.31 bits per heavy atom. The molecule has 0 radical (unpaired) electrons. The Bertz CT molecular complexity index is 186. The summed E-state index contributed by atoms with van der Waals surface area (Å²) < 4.78 is 0. The number of carbonyl (C=O) groups excluding carboxylic acids is 1. The molecular formula is C13H27NO2. The summed E-state index contributed by atoms with van der Waals surface area (Å²) in [6.45, 7) is 9.11. The highest BCUT2D eigenvalue weighted by molar-refractivity contribution is 5.78. The summed E-state index contributed by atoms with van der Waals surface area (Å²) in [6.07, 6.45) is 2.95. The Hall–Kier alpha value is -0.570. The summed E-state index contributed by atoms with van der Waals surface area (Å²) in [5, 5.41) is 11.9. The molecule has 2 unspecified atom stereocenters. The highest BCUT2D eigenvalue weighted by atomic mass is 16.3. The van der Waals surface area contributed by atoms with Crippen molar-refractivity contribution < 1.29 is 9.90 Å². The fourth-order valence-electron chi connectivity index (χ4n) is 1.65. The average molecular weight is 229 g/mol.